The average molecular weight is 296 g/mol. The number of hydrogen-bond acceptors (Lipinski definition) is 2. The van der Waals surface area contributed by atoms with Gasteiger partial charge >= 0.3 is 0 Å². The normalized spacial score (nSPS) is 30.1. The van der Waals surface area contributed by atoms with E-state index in [4.69, 9.17) is 4.74 Å². The SMILES string of the molecule is COc1ccc2c(c1)CCC1=C2CC[C@@]2(C)C1=CCC[C@H]2O. The third-order valence-corrected chi connectivity index (χ3v) is 6.00. The van der Waals surface area contributed by atoms with Gasteiger partial charge in [0.2, 0.25) is 0 Å². The second kappa shape index (κ2) is 4.99. The van der Waals surface area contributed by atoms with Gasteiger partial charge in [0.05, 0.1) is 13.2 Å². The Morgan fingerprint density at radius 3 is 2.86 bits per heavy atom. The Bertz CT molecular complexity index is 683. The number of benzene rings is 1. The minimum Gasteiger partial charge on any atom is -0.497 e. The number of fused-ring (bicyclic) bond motifs is 4. The highest BCUT2D eigenvalue weighted by Crippen LogP contribution is 2.54. The monoisotopic (exact) mass is 296 g/mol. The first-order valence-corrected chi connectivity index (χ1v) is 8.42. The van der Waals surface area contributed by atoms with E-state index in [-0.39, 0.29) is 11.5 Å². The molecule has 2 atom stereocenters. The molecule has 0 radical (unpaired) electrons. The second-order valence-electron chi connectivity index (χ2n) is 7.11. The summed E-state index contributed by atoms with van der Waals surface area (Å²) in [6.45, 7) is 2.26. The van der Waals surface area contributed by atoms with Crippen molar-refractivity contribution in [3.8, 4) is 5.75 Å². The van der Waals surface area contributed by atoms with Crippen LogP contribution < -0.4 is 4.74 Å². The Morgan fingerprint density at radius 1 is 1.18 bits per heavy atom. The first kappa shape index (κ1) is 14.1. The molecule has 3 aliphatic rings. The van der Waals surface area contributed by atoms with Crippen LogP contribution in [0.4, 0.5) is 0 Å². The zero-order chi connectivity index (χ0) is 15.3. The van der Waals surface area contributed by atoms with Gasteiger partial charge in [0.1, 0.15) is 5.75 Å². The first-order chi connectivity index (χ1) is 10.6. The van der Waals surface area contributed by atoms with E-state index in [9.17, 15) is 5.11 Å². The maximum atomic E-state index is 10.5. The molecule has 0 amide bonds. The third-order valence-electron chi connectivity index (χ3n) is 6.00. The zero-order valence-corrected chi connectivity index (χ0v) is 13.5. The number of allylic oxidation sites excluding steroid dienone is 3. The van der Waals surface area contributed by atoms with Crippen LogP contribution in [-0.4, -0.2) is 18.3 Å². The lowest BCUT2D eigenvalue weighted by Crippen LogP contribution is -2.40. The molecule has 3 aliphatic carbocycles. The van der Waals surface area contributed by atoms with Gasteiger partial charge < -0.3 is 9.84 Å². The Morgan fingerprint density at radius 2 is 2.05 bits per heavy atom. The molecule has 116 valence electrons. The summed E-state index contributed by atoms with van der Waals surface area (Å²) in [6, 6.07) is 6.49. The van der Waals surface area contributed by atoms with E-state index >= 15 is 0 Å². The number of ether oxygens (including phenoxy) is 1. The summed E-state index contributed by atoms with van der Waals surface area (Å²) >= 11 is 0. The fourth-order valence-electron chi connectivity index (χ4n) is 4.62. The highest BCUT2D eigenvalue weighted by atomic mass is 16.5. The fraction of sp³-hybridized carbons (Fsp3) is 0.500. The summed E-state index contributed by atoms with van der Waals surface area (Å²) in [6.07, 6.45) is 8.46. The molecule has 0 spiro atoms. The summed E-state index contributed by atoms with van der Waals surface area (Å²) in [5.41, 5.74) is 7.27. The molecule has 0 bridgehead atoms. The highest BCUT2D eigenvalue weighted by Gasteiger charge is 2.43. The molecule has 22 heavy (non-hydrogen) atoms. The zero-order valence-electron chi connectivity index (χ0n) is 13.5. The molecule has 1 N–H and O–H groups in total. The Hall–Kier alpha value is -1.54. The summed E-state index contributed by atoms with van der Waals surface area (Å²) in [5, 5.41) is 10.5. The Kier molecular flexibility index (Phi) is 3.19. The molecule has 2 nitrogen and oxygen atoms in total. The number of rotatable bonds is 1. The molecule has 0 saturated carbocycles. The van der Waals surface area contributed by atoms with Gasteiger partial charge in [-0.05, 0) is 78.5 Å². The maximum Gasteiger partial charge on any atom is 0.119 e. The van der Waals surface area contributed by atoms with Crippen LogP contribution in [0.3, 0.4) is 0 Å². The topological polar surface area (TPSA) is 29.5 Å². The van der Waals surface area contributed by atoms with Crippen LogP contribution in [0.25, 0.3) is 5.57 Å². The Labute approximate surface area is 132 Å². The number of aliphatic hydroxyl groups is 1. The molecule has 2 heteroatoms. The van der Waals surface area contributed by atoms with E-state index in [0.29, 0.717) is 0 Å². The van der Waals surface area contributed by atoms with Gasteiger partial charge in [-0.2, -0.15) is 0 Å². The molecular formula is C20H24O2. The first-order valence-electron chi connectivity index (χ1n) is 8.42. The van der Waals surface area contributed by atoms with E-state index < -0.39 is 0 Å². The minimum absolute atomic E-state index is 0.0267. The Balaban J connectivity index is 1.83. The highest BCUT2D eigenvalue weighted by molar-refractivity contribution is 5.79. The van der Waals surface area contributed by atoms with Gasteiger partial charge in [0, 0.05) is 5.41 Å². The van der Waals surface area contributed by atoms with Crippen molar-refractivity contribution < 1.29 is 9.84 Å². The van der Waals surface area contributed by atoms with Gasteiger partial charge in [-0.3, -0.25) is 0 Å². The second-order valence-corrected chi connectivity index (χ2v) is 7.11. The smallest absolute Gasteiger partial charge is 0.119 e. The van der Waals surface area contributed by atoms with Crippen LogP contribution in [0.2, 0.25) is 0 Å². The minimum atomic E-state index is -0.182. The molecule has 0 aromatic heterocycles. The summed E-state index contributed by atoms with van der Waals surface area (Å²) in [4.78, 5) is 0. The van der Waals surface area contributed by atoms with Crippen LogP contribution in [0.15, 0.2) is 35.4 Å². The van der Waals surface area contributed by atoms with E-state index in [1.807, 2.05) is 0 Å². The predicted octanol–water partition coefficient (Wildman–Crippen LogP) is 4.28. The van der Waals surface area contributed by atoms with Crippen molar-refractivity contribution in [3.05, 3.63) is 46.5 Å². The number of aryl methyl sites for hydroxylation is 1. The van der Waals surface area contributed by atoms with Gasteiger partial charge in [0.15, 0.2) is 0 Å². The van der Waals surface area contributed by atoms with Crippen LogP contribution in [0, 0.1) is 5.41 Å². The molecule has 0 aliphatic heterocycles. The van der Waals surface area contributed by atoms with Crippen molar-refractivity contribution in [2.24, 2.45) is 5.41 Å². The van der Waals surface area contributed by atoms with E-state index in [1.165, 1.54) is 27.8 Å². The summed E-state index contributed by atoms with van der Waals surface area (Å²) in [5.74, 6) is 0.954. The summed E-state index contributed by atoms with van der Waals surface area (Å²) in [7, 11) is 1.73. The van der Waals surface area contributed by atoms with Gasteiger partial charge in [-0.25, -0.2) is 0 Å². The molecule has 0 heterocycles. The molecule has 0 saturated heterocycles. The van der Waals surface area contributed by atoms with Gasteiger partial charge in [0.25, 0.3) is 0 Å². The van der Waals surface area contributed by atoms with Crippen molar-refractivity contribution in [2.75, 3.05) is 7.11 Å². The number of methoxy groups -OCH3 is 1. The van der Waals surface area contributed by atoms with Crippen molar-refractivity contribution in [1.82, 2.24) is 0 Å². The lowest BCUT2D eigenvalue weighted by Gasteiger charge is -2.46. The maximum absolute atomic E-state index is 10.5. The van der Waals surface area contributed by atoms with Crippen molar-refractivity contribution >= 4 is 5.57 Å². The predicted molar refractivity (Wildman–Crippen MR) is 88.9 cm³/mol. The molecule has 1 aromatic carbocycles. The standard InChI is InChI=1S/C20H24O2/c1-20-11-10-16-15-9-7-14(22-2)12-13(15)6-8-17(16)18(20)4-3-5-19(20)21/h4,7,9,12,19,21H,3,5-6,8,10-11H2,1-2H3/t19-,20+/m1/s1. The lowest BCUT2D eigenvalue weighted by atomic mass is 9.60. The van der Waals surface area contributed by atoms with Crippen LogP contribution in [0.1, 0.15) is 50.2 Å². The van der Waals surface area contributed by atoms with E-state index in [0.717, 1.165) is 44.3 Å². The number of aliphatic hydroxyl groups excluding tert-OH is 1. The molecular weight excluding hydrogens is 272 g/mol. The fourth-order valence-corrected chi connectivity index (χ4v) is 4.62. The van der Waals surface area contributed by atoms with E-state index in [2.05, 4.69) is 31.2 Å². The molecule has 0 unspecified atom stereocenters. The van der Waals surface area contributed by atoms with Gasteiger partial charge in [-0.15, -0.1) is 0 Å². The van der Waals surface area contributed by atoms with Crippen molar-refractivity contribution in [2.45, 2.75) is 51.6 Å². The van der Waals surface area contributed by atoms with Crippen molar-refractivity contribution in [3.63, 3.8) is 0 Å². The van der Waals surface area contributed by atoms with Crippen molar-refractivity contribution in [1.29, 1.82) is 0 Å². The van der Waals surface area contributed by atoms with Gasteiger partial charge in [-0.1, -0.05) is 19.1 Å². The van der Waals surface area contributed by atoms with Crippen LogP contribution >= 0.6 is 0 Å². The quantitative estimate of drug-likeness (QED) is 0.838. The largest absolute Gasteiger partial charge is 0.497 e. The average Bonchev–Trinajstić information content (AvgIpc) is 2.55. The van der Waals surface area contributed by atoms with Crippen LogP contribution in [-0.2, 0) is 6.42 Å². The van der Waals surface area contributed by atoms with Crippen LogP contribution in [0.5, 0.6) is 5.75 Å². The van der Waals surface area contributed by atoms with E-state index in [1.54, 1.807) is 7.11 Å². The summed E-state index contributed by atoms with van der Waals surface area (Å²) < 4.78 is 5.37. The number of hydrogen-bond donors (Lipinski definition) is 1. The third kappa shape index (κ3) is 1.90. The molecule has 4 rings (SSSR count). The molecule has 1 aromatic rings. The lowest BCUT2D eigenvalue weighted by molar-refractivity contribution is 0.0432. The molecule has 0 fully saturated rings.